The van der Waals surface area contributed by atoms with Gasteiger partial charge in [-0.25, -0.2) is 0 Å². The number of benzene rings is 1. The molecule has 78 valence electrons. The average Bonchev–Trinajstić information content (AvgIpc) is 2.28. The maximum absolute atomic E-state index is 2.24. The highest BCUT2D eigenvalue weighted by atomic mass is 15.1. The summed E-state index contributed by atoms with van der Waals surface area (Å²) in [5, 5.41) is 0. The molecule has 0 bridgehead atoms. The standard InChI is InChI=1S/C14H17N/c1-15-11-5-8-14(12-15)10-9-13-6-3-2-4-7-13/h2-8,12H,9-11H2,1H3. The van der Waals surface area contributed by atoms with Crippen LogP contribution >= 0.6 is 0 Å². The van der Waals surface area contributed by atoms with Gasteiger partial charge in [-0.15, -0.1) is 0 Å². The van der Waals surface area contributed by atoms with Crippen LogP contribution < -0.4 is 0 Å². The van der Waals surface area contributed by atoms with Crippen LogP contribution in [0.15, 0.2) is 54.3 Å². The lowest BCUT2D eigenvalue weighted by atomic mass is 10.0. The fourth-order valence-electron chi connectivity index (χ4n) is 1.83. The van der Waals surface area contributed by atoms with Crippen molar-refractivity contribution in [3.8, 4) is 0 Å². The van der Waals surface area contributed by atoms with Gasteiger partial charge >= 0.3 is 0 Å². The van der Waals surface area contributed by atoms with Crippen LogP contribution in [0.4, 0.5) is 0 Å². The summed E-state index contributed by atoms with van der Waals surface area (Å²) in [6, 6.07) is 10.7. The molecule has 0 aliphatic carbocycles. The third-order valence-corrected chi connectivity index (χ3v) is 2.66. The van der Waals surface area contributed by atoms with Crippen molar-refractivity contribution in [2.24, 2.45) is 0 Å². The lowest BCUT2D eigenvalue weighted by Crippen LogP contribution is -2.14. The van der Waals surface area contributed by atoms with Crippen LogP contribution in [0.1, 0.15) is 12.0 Å². The summed E-state index contributed by atoms with van der Waals surface area (Å²) < 4.78 is 0. The zero-order valence-electron chi connectivity index (χ0n) is 9.19. The molecule has 0 atom stereocenters. The molecule has 1 aliphatic rings. The number of allylic oxidation sites excluding steroid dienone is 2. The fourth-order valence-corrected chi connectivity index (χ4v) is 1.83. The van der Waals surface area contributed by atoms with Crippen molar-refractivity contribution in [2.75, 3.05) is 13.6 Å². The first-order valence-corrected chi connectivity index (χ1v) is 5.46. The van der Waals surface area contributed by atoms with E-state index in [4.69, 9.17) is 0 Å². The molecule has 1 heteroatoms. The molecule has 1 aromatic rings. The Morgan fingerprint density at radius 3 is 2.67 bits per heavy atom. The molecule has 1 heterocycles. The van der Waals surface area contributed by atoms with Gasteiger partial charge in [-0.05, 0) is 24.0 Å². The second-order valence-corrected chi connectivity index (χ2v) is 4.03. The van der Waals surface area contributed by atoms with Crippen molar-refractivity contribution in [3.05, 3.63) is 59.8 Å². The minimum absolute atomic E-state index is 1.04. The third kappa shape index (κ3) is 2.98. The van der Waals surface area contributed by atoms with E-state index in [1.807, 2.05) is 0 Å². The maximum Gasteiger partial charge on any atom is 0.0354 e. The molecule has 1 nitrogen and oxygen atoms in total. The lowest BCUT2D eigenvalue weighted by Gasteiger charge is -2.17. The van der Waals surface area contributed by atoms with Gasteiger partial charge < -0.3 is 4.90 Å². The second kappa shape index (κ2) is 4.83. The highest BCUT2D eigenvalue weighted by Gasteiger charge is 2.01. The van der Waals surface area contributed by atoms with Crippen LogP contribution in [0, 0.1) is 0 Å². The molecule has 0 amide bonds. The molecule has 0 saturated carbocycles. The van der Waals surface area contributed by atoms with Gasteiger partial charge in [0.15, 0.2) is 0 Å². The van der Waals surface area contributed by atoms with Crippen LogP contribution in [0.3, 0.4) is 0 Å². The Labute approximate surface area is 91.7 Å². The fraction of sp³-hybridized carbons (Fsp3) is 0.286. The lowest BCUT2D eigenvalue weighted by molar-refractivity contribution is 0.497. The maximum atomic E-state index is 2.24. The van der Waals surface area contributed by atoms with Gasteiger partial charge in [0.05, 0.1) is 0 Å². The first kappa shape index (κ1) is 10.0. The van der Waals surface area contributed by atoms with Crippen LogP contribution in [0.5, 0.6) is 0 Å². The quantitative estimate of drug-likeness (QED) is 0.723. The van der Waals surface area contributed by atoms with Crippen molar-refractivity contribution in [1.29, 1.82) is 0 Å². The Hall–Kier alpha value is -1.50. The number of nitrogens with zero attached hydrogens (tertiary/aromatic N) is 1. The summed E-state index contributed by atoms with van der Waals surface area (Å²) >= 11 is 0. The Morgan fingerprint density at radius 1 is 1.13 bits per heavy atom. The first-order valence-electron chi connectivity index (χ1n) is 5.46. The molecule has 1 aliphatic heterocycles. The van der Waals surface area contributed by atoms with E-state index in [9.17, 15) is 0 Å². The minimum Gasteiger partial charge on any atom is -0.376 e. The van der Waals surface area contributed by atoms with Gasteiger partial charge in [-0.2, -0.15) is 0 Å². The van der Waals surface area contributed by atoms with Crippen molar-refractivity contribution in [3.63, 3.8) is 0 Å². The molecule has 0 N–H and O–H groups in total. The highest BCUT2D eigenvalue weighted by molar-refractivity contribution is 5.24. The van der Waals surface area contributed by atoms with Gasteiger partial charge in [0.25, 0.3) is 0 Å². The number of hydrogen-bond acceptors (Lipinski definition) is 1. The van der Waals surface area contributed by atoms with Gasteiger partial charge in [-0.3, -0.25) is 0 Å². The summed E-state index contributed by atoms with van der Waals surface area (Å²) in [5.74, 6) is 0. The topological polar surface area (TPSA) is 3.24 Å². The second-order valence-electron chi connectivity index (χ2n) is 4.03. The van der Waals surface area contributed by atoms with E-state index in [0.29, 0.717) is 0 Å². The average molecular weight is 199 g/mol. The zero-order chi connectivity index (χ0) is 10.5. The van der Waals surface area contributed by atoms with Crippen molar-refractivity contribution in [1.82, 2.24) is 4.90 Å². The van der Waals surface area contributed by atoms with Gasteiger partial charge in [0, 0.05) is 19.8 Å². The number of rotatable bonds is 3. The predicted molar refractivity (Wildman–Crippen MR) is 64.6 cm³/mol. The summed E-state index contributed by atoms with van der Waals surface area (Å²) in [4.78, 5) is 2.22. The molecule has 1 aromatic carbocycles. The molecule has 15 heavy (non-hydrogen) atoms. The first-order chi connectivity index (χ1) is 7.34. The SMILES string of the molecule is CN1C=C(CCc2ccccc2)C=CC1. The van der Waals surface area contributed by atoms with Crippen molar-refractivity contribution >= 4 is 0 Å². The number of hydrogen-bond donors (Lipinski definition) is 0. The number of aryl methyl sites for hydroxylation is 1. The van der Waals surface area contributed by atoms with Crippen molar-refractivity contribution in [2.45, 2.75) is 12.8 Å². The molecule has 2 rings (SSSR count). The molecule has 0 spiro atoms. The molecule has 0 saturated heterocycles. The van der Waals surface area contributed by atoms with Gasteiger partial charge in [0.2, 0.25) is 0 Å². The molecule has 0 radical (unpaired) electrons. The Morgan fingerprint density at radius 2 is 1.93 bits per heavy atom. The smallest absolute Gasteiger partial charge is 0.0354 e. The van der Waals surface area contributed by atoms with Crippen LogP contribution in [-0.4, -0.2) is 18.5 Å². The highest BCUT2D eigenvalue weighted by Crippen LogP contribution is 2.13. The van der Waals surface area contributed by atoms with Gasteiger partial charge in [0.1, 0.15) is 0 Å². The largest absolute Gasteiger partial charge is 0.376 e. The summed E-state index contributed by atoms with van der Waals surface area (Å²) in [5.41, 5.74) is 2.84. The molecule has 0 unspecified atom stereocenters. The third-order valence-electron chi connectivity index (χ3n) is 2.66. The van der Waals surface area contributed by atoms with E-state index in [1.54, 1.807) is 0 Å². The Balaban J connectivity index is 1.91. The van der Waals surface area contributed by atoms with Crippen LogP contribution in [0.2, 0.25) is 0 Å². The van der Waals surface area contributed by atoms with Crippen LogP contribution in [-0.2, 0) is 6.42 Å². The Kier molecular flexibility index (Phi) is 3.23. The number of likely N-dealkylation sites (N-methyl/N-ethyl adjacent to an activating group) is 1. The van der Waals surface area contributed by atoms with E-state index in [0.717, 1.165) is 19.4 Å². The molecule has 0 fully saturated rings. The minimum atomic E-state index is 1.04. The van der Waals surface area contributed by atoms with E-state index >= 15 is 0 Å². The van der Waals surface area contributed by atoms with E-state index in [2.05, 4.69) is 60.6 Å². The summed E-state index contributed by atoms with van der Waals surface area (Å²) in [7, 11) is 2.12. The van der Waals surface area contributed by atoms with E-state index in [-0.39, 0.29) is 0 Å². The zero-order valence-corrected chi connectivity index (χ0v) is 9.19. The van der Waals surface area contributed by atoms with Crippen LogP contribution in [0.25, 0.3) is 0 Å². The summed E-state index contributed by atoms with van der Waals surface area (Å²) in [6.07, 6.45) is 8.96. The molecular weight excluding hydrogens is 182 g/mol. The van der Waals surface area contributed by atoms with Gasteiger partial charge in [-0.1, -0.05) is 42.5 Å². The van der Waals surface area contributed by atoms with Crippen molar-refractivity contribution < 1.29 is 0 Å². The van der Waals surface area contributed by atoms with E-state index in [1.165, 1.54) is 11.1 Å². The summed E-state index contributed by atoms with van der Waals surface area (Å²) in [6.45, 7) is 1.04. The predicted octanol–water partition coefficient (Wildman–Crippen LogP) is 3.00. The Bertz CT molecular complexity index is 362. The normalized spacial score (nSPS) is 15.3. The molecule has 0 aromatic heterocycles. The monoisotopic (exact) mass is 199 g/mol. The molecular formula is C14H17N. The van der Waals surface area contributed by atoms with E-state index < -0.39 is 0 Å².